The van der Waals surface area contributed by atoms with Gasteiger partial charge in [0.2, 0.25) is 0 Å². The van der Waals surface area contributed by atoms with Gasteiger partial charge in [-0.3, -0.25) is 0 Å². The summed E-state index contributed by atoms with van der Waals surface area (Å²) in [5.41, 5.74) is 3.39. The van der Waals surface area contributed by atoms with E-state index in [0.29, 0.717) is 5.56 Å². The van der Waals surface area contributed by atoms with E-state index in [9.17, 15) is 9.90 Å². The van der Waals surface area contributed by atoms with Crippen molar-refractivity contribution >= 4 is 12.0 Å². The van der Waals surface area contributed by atoms with E-state index in [4.69, 9.17) is 14.2 Å². The fourth-order valence-corrected chi connectivity index (χ4v) is 4.15. The lowest BCUT2D eigenvalue weighted by Crippen LogP contribution is -2.37. The zero-order valence-electron chi connectivity index (χ0n) is 19.0. The van der Waals surface area contributed by atoms with Crippen LogP contribution in [0.25, 0.3) is 6.08 Å². The molecule has 30 heavy (non-hydrogen) atoms. The number of cyclic esters (lactones) is 1. The predicted octanol–water partition coefficient (Wildman–Crippen LogP) is 4.58. The molecule has 164 valence electrons. The number of carbonyl (C=O) groups excluding carboxylic acids is 1. The number of benzene rings is 1. The number of carbonyl (C=O) groups is 1. The summed E-state index contributed by atoms with van der Waals surface area (Å²) in [5.74, 6) is -1.21. The number of esters is 1. The van der Waals surface area contributed by atoms with Crippen LogP contribution >= 0.6 is 0 Å². The molecule has 0 amide bonds. The summed E-state index contributed by atoms with van der Waals surface area (Å²) in [6.07, 6.45) is 5.61. The molecule has 0 saturated carbocycles. The van der Waals surface area contributed by atoms with Crippen molar-refractivity contribution in [3.05, 3.63) is 52.6 Å². The van der Waals surface area contributed by atoms with Crippen molar-refractivity contribution in [2.75, 3.05) is 0 Å². The average molecular weight is 415 g/mol. The first kappa shape index (κ1) is 22.7. The van der Waals surface area contributed by atoms with E-state index in [1.807, 2.05) is 78.8 Å². The van der Waals surface area contributed by atoms with Crippen molar-refractivity contribution in [1.82, 2.24) is 0 Å². The molecule has 1 aromatic rings. The molecule has 0 bridgehead atoms. The Hall–Kier alpha value is -1.95. The molecule has 3 rings (SSSR count). The quantitative estimate of drug-likeness (QED) is 0.497. The van der Waals surface area contributed by atoms with Gasteiger partial charge in [-0.1, -0.05) is 55.8 Å². The van der Waals surface area contributed by atoms with Crippen LogP contribution in [0.2, 0.25) is 0 Å². The summed E-state index contributed by atoms with van der Waals surface area (Å²) >= 11 is 0. The van der Waals surface area contributed by atoms with Crippen LogP contribution in [0.4, 0.5) is 0 Å². The van der Waals surface area contributed by atoms with Crippen LogP contribution in [0, 0.1) is 25.7 Å². The summed E-state index contributed by atoms with van der Waals surface area (Å²) < 4.78 is 18.0. The minimum absolute atomic E-state index is 0.0381. The lowest BCUT2D eigenvalue weighted by molar-refractivity contribution is -0.154. The van der Waals surface area contributed by atoms with Gasteiger partial charge in [-0.2, -0.15) is 0 Å². The van der Waals surface area contributed by atoms with E-state index in [0.717, 1.165) is 16.7 Å². The van der Waals surface area contributed by atoms with E-state index in [2.05, 4.69) is 0 Å². The largest absolute Gasteiger partial charge is 0.458 e. The molecule has 0 aromatic heterocycles. The van der Waals surface area contributed by atoms with Gasteiger partial charge in [-0.05, 0) is 45.7 Å². The normalized spacial score (nSPS) is 36.2. The van der Waals surface area contributed by atoms with E-state index < -0.39 is 18.0 Å². The Morgan fingerprint density at radius 1 is 0.933 bits per heavy atom. The zero-order chi connectivity index (χ0) is 22.2. The maximum absolute atomic E-state index is 13.0. The third kappa shape index (κ3) is 4.85. The number of aryl methyl sites for hydroxylation is 2. The summed E-state index contributed by atoms with van der Waals surface area (Å²) in [5, 5.41) is 10.8. The van der Waals surface area contributed by atoms with Crippen molar-refractivity contribution in [3.8, 4) is 0 Å². The summed E-state index contributed by atoms with van der Waals surface area (Å²) in [4.78, 5) is 13.0. The summed E-state index contributed by atoms with van der Waals surface area (Å²) in [6, 6.07) is 3.99. The molecule has 2 unspecified atom stereocenters. The first-order valence-corrected chi connectivity index (χ1v) is 10.7. The maximum atomic E-state index is 13.0. The van der Waals surface area contributed by atoms with Gasteiger partial charge in [0.05, 0.1) is 11.7 Å². The molecular weight excluding hydrogens is 380 g/mol. The molecule has 2 aliphatic heterocycles. The second kappa shape index (κ2) is 8.66. The van der Waals surface area contributed by atoms with Crippen LogP contribution in [0.5, 0.6) is 0 Å². The van der Waals surface area contributed by atoms with E-state index >= 15 is 0 Å². The van der Waals surface area contributed by atoms with E-state index in [1.54, 1.807) is 6.08 Å². The van der Waals surface area contributed by atoms with Gasteiger partial charge >= 0.3 is 5.97 Å². The minimum Gasteiger partial charge on any atom is -0.458 e. The number of aliphatic hydroxyl groups excluding tert-OH is 1. The van der Waals surface area contributed by atoms with Crippen molar-refractivity contribution in [2.45, 2.75) is 78.7 Å². The van der Waals surface area contributed by atoms with Gasteiger partial charge in [-0.25, -0.2) is 4.79 Å². The fourth-order valence-electron chi connectivity index (χ4n) is 4.15. The Morgan fingerprint density at radius 2 is 1.60 bits per heavy atom. The van der Waals surface area contributed by atoms with Crippen molar-refractivity contribution < 1.29 is 24.1 Å². The van der Waals surface area contributed by atoms with Gasteiger partial charge in [0.15, 0.2) is 5.79 Å². The average Bonchev–Trinajstić information content (AvgIpc) is 2.98. The number of ether oxygens (including phenoxy) is 3. The minimum atomic E-state index is -0.822. The van der Waals surface area contributed by atoms with Gasteiger partial charge in [0, 0.05) is 11.8 Å². The van der Waals surface area contributed by atoms with E-state index in [-0.39, 0.29) is 30.0 Å². The number of aliphatic hydroxyl groups is 1. The lowest BCUT2D eigenvalue weighted by Gasteiger charge is -2.25. The van der Waals surface area contributed by atoms with Gasteiger partial charge < -0.3 is 19.3 Å². The topological polar surface area (TPSA) is 65.0 Å². The summed E-state index contributed by atoms with van der Waals surface area (Å²) in [6.45, 7) is 13.5. The van der Waals surface area contributed by atoms with Crippen molar-refractivity contribution in [1.29, 1.82) is 0 Å². The molecule has 5 nitrogen and oxygen atoms in total. The number of rotatable bonds is 0. The first-order valence-electron chi connectivity index (χ1n) is 10.7. The Bertz CT molecular complexity index is 853. The molecule has 1 fully saturated rings. The molecule has 0 spiro atoms. The van der Waals surface area contributed by atoms with Crippen molar-refractivity contribution in [2.24, 2.45) is 11.8 Å². The second-order valence-electron chi connectivity index (χ2n) is 9.17. The molecule has 5 heteroatoms. The van der Waals surface area contributed by atoms with Crippen molar-refractivity contribution in [3.63, 3.8) is 0 Å². The number of hydrogen-bond donors (Lipinski definition) is 1. The van der Waals surface area contributed by atoms with Crippen LogP contribution in [0.3, 0.4) is 0 Å². The molecule has 2 aliphatic rings. The summed E-state index contributed by atoms with van der Waals surface area (Å²) in [7, 11) is 0. The van der Waals surface area contributed by atoms with Crippen LogP contribution in [-0.2, 0) is 14.2 Å². The Morgan fingerprint density at radius 3 is 2.30 bits per heavy atom. The molecule has 1 N–H and O–H groups in total. The zero-order valence-corrected chi connectivity index (χ0v) is 19.0. The van der Waals surface area contributed by atoms with Crippen LogP contribution in [0.1, 0.15) is 61.7 Å². The van der Waals surface area contributed by atoms with E-state index in [1.165, 1.54) is 0 Å². The number of fused-ring (bicyclic) bond motifs is 2. The molecule has 2 heterocycles. The van der Waals surface area contributed by atoms with Crippen LogP contribution in [-0.4, -0.2) is 41.3 Å². The highest BCUT2D eigenvalue weighted by molar-refractivity contribution is 5.95. The molecule has 0 aliphatic carbocycles. The first-order chi connectivity index (χ1) is 14.0. The SMILES string of the molecule is Cc1cc(C)c2c(c1)/C=C/C(C)[C@@H]1OC(C)(C)O[C@@H]1C(O)/C=C\[C@@H](C)[C@H](C)OC2=O. The maximum Gasteiger partial charge on any atom is 0.339 e. The van der Waals surface area contributed by atoms with Gasteiger partial charge in [0.25, 0.3) is 0 Å². The molecule has 0 radical (unpaired) electrons. The lowest BCUT2D eigenvalue weighted by atomic mass is 9.92. The fraction of sp³-hybridized carbons (Fsp3) is 0.560. The molecule has 6 atom stereocenters. The van der Waals surface area contributed by atoms with Crippen LogP contribution in [0.15, 0.2) is 30.4 Å². The highest BCUT2D eigenvalue weighted by Crippen LogP contribution is 2.35. The van der Waals surface area contributed by atoms with Gasteiger partial charge in [0.1, 0.15) is 18.3 Å². The van der Waals surface area contributed by atoms with Crippen LogP contribution < -0.4 is 0 Å². The number of hydrogen-bond acceptors (Lipinski definition) is 5. The Balaban J connectivity index is 2.07. The Kier molecular flexibility index (Phi) is 6.56. The molecule has 1 aromatic carbocycles. The predicted molar refractivity (Wildman–Crippen MR) is 117 cm³/mol. The van der Waals surface area contributed by atoms with Gasteiger partial charge in [-0.15, -0.1) is 0 Å². The Labute approximate surface area is 179 Å². The third-order valence-electron chi connectivity index (χ3n) is 5.96. The highest BCUT2D eigenvalue weighted by Gasteiger charge is 2.46. The highest BCUT2D eigenvalue weighted by atomic mass is 16.8. The molecular formula is C25H34O5. The second-order valence-corrected chi connectivity index (χ2v) is 9.17. The standard InChI is InChI=1S/C25H34O5/c1-14-12-17(4)21-19(13-14)10-8-16(3)22-23(30-25(6,7)29-22)20(26)11-9-15(2)18(5)28-24(21)27/h8-13,15-16,18,20,22-23,26H,1-7H3/b10-8+,11-9-/t15-,16?,18+,20?,22+,23-/m1/s1. The monoisotopic (exact) mass is 414 g/mol. The smallest absolute Gasteiger partial charge is 0.339 e. The molecule has 1 saturated heterocycles. The third-order valence-corrected chi connectivity index (χ3v) is 5.96.